The van der Waals surface area contributed by atoms with E-state index in [4.69, 9.17) is 9.57 Å². The van der Waals surface area contributed by atoms with Crippen molar-refractivity contribution in [2.75, 3.05) is 41.8 Å². The summed E-state index contributed by atoms with van der Waals surface area (Å²) >= 11 is 0. The van der Waals surface area contributed by atoms with Crippen LogP contribution in [0.3, 0.4) is 0 Å². The summed E-state index contributed by atoms with van der Waals surface area (Å²) in [6.07, 6.45) is 3.10. The van der Waals surface area contributed by atoms with Crippen LogP contribution >= 0.6 is 0 Å². The Balaban J connectivity index is 1.37. The molecule has 1 aliphatic heterocycles. The summed E-state index contributed by atoms with van der Waals surface area (Å²) in [4.78, 5) is 41.5. The molecule has 3 N–H and O–H groups in total. The molecule has 38 heavy (non-hydrogen) atoms. The number of nitrogens with zero attached hydrogens (tertiary/aromatic N) is 3. The summed E-state index contributed by atoms with van der Waals surface area (Å²) in [6, 6.07) is 9.64. The molecule has 1 fully saturated rings. The minimum Gasteiger partial charge on any atom is -0.378 e. The van der Waals surface area contributed by atoms with E-state index in [0.29, 0.717) is 43.4 Å². The summed E-state index contributed by atoms with van der Waals surface area (Å²) in [6.45, 7) is 8.15. The monoisotopic (exact) mass is 522 g/mol. The number of aromatic nitrogens is 2. The summed E-state index contributed by atoms with van der Waals surface area (Å²) in [5.41, 5.74) is 4.92. The van der Waals surface area contributed by atoms with Crippen LogP contribution in [-0.4, -0.2) is 54.1 Å². The molecule has 10 nitrogen and oxygen atoms in total. The third kappa shape index (κ3) is 7.24. The molecule has 3 aromatic rings. The smallest absolute Gasteiger partial charge is 0.276 e. The van der Waals surface area contributed by atoms with Gasteiger partial charge >= 0.3 is 0 Å². The van der Waals surface area contributed by atoms with Gasteiger partial charge in [-0.05, 0) is 56.7 Å². The molecule has 0 spiro atoms. The molecule has 3 heterocycles. The Morgan fingerprint density at radius 3 is 2.58 bits per heavy atom. The van der Waals surface area contributed by atoms with Gasteiger partial charge in [0.25, 0.3) is 11.8 Å². The van der Waals surface area contributed by atoms with E-state index in [1.54, 1.807) is 19.2 Å². The number of ether oxygens (including phenoxy) is 1. The molecule has 1 aromatic carbocycles. The molecule has 2 aromatic heterocycles. The first kappa shape index (κ1) is 27.0. The Bertz CT molecular complexity index is 1280. The number of carbonyl (C=O) groups is 2. The van der Waals surface area contributed by atoms with Crippen LogP contribution in [0.25, 0.3) is 0 Å². The lowest BCUT2D eigenvalue weighted by molar-refractivity contribution is 0.0232. The van der Waals surface area contributed by atoms with E-state index in [-0.39, 0.29) is 23.8 Å². The van der Waals surface area contributed by atoms with Crippen LogP contribution in [0, 0.1) is 12.7 Å². The number of benzene rings is 1. The van der Waals surface area contributed by atoms with Crippen LogP contribution < -0.4 is 21.0 Å². The number of morpholine rings is 1. The molecule has 11 heteroatoms. The molecule has 0 unspecified atom stereocenters. The van der Waals surface area contributed by atoms with Crippen LogP contribution in [-0.2, 0) is 16.2 Å². The van der Waals surface area contributed by atoms with Gasteiger partial charge in [-0.25, -0.2) is 14.9 Å². The van der Waals surface area contributed by atoms with E-state index in [1.807, 2.05) is 30.9 Å². The van der Waals surface area contributed by atoms with Crippen molar-refractivity contribution in [2.24, 2.45) is 0 Å². The number of anilines is 3. The molecule has 1 saturated heterocycles. The quantitative estimate of drug-likeness (QED) is 0.364. The zero-order chi connectivity index (χ0) is 27.1. The number of halogens is 1. The highest BCUT2D eigenvalue weighted by Gasteiger charge is 2.17. The number of amides is 2. The summed E-state index contributed by atoms with van der Waals surface area (Å²) < 4.78 is 19.6. The Labute approximate surface area is 220 Å². The summed E-state index contributed by atoms with van der Waals surface area (Å²) in [7, 11) is 0. The molecular formula is C27H31FN6O4. The molecule has 2 amide bonds. The zero-order valence-corrected chi connectivity index (χ0v) is 21.6. The molecular weight excluding hydrogens is 491 g/mol. The Morgan fingerprint density at radius 2 is 1.87 bits per heavy atom. The Morgan fingerprint density at radius 1 is 1.08 bits per heavy atom. The number of pyridine rings is 2. The first-order valence-corrected chi connectivity index (χ1v) is 12.3. The van der Waals surface area contributed by atoms with E-state index >= 15 is 0 Å². The average molecular weight is 523 g/mol. The highest BCUT2D eigenvalue weighted by molar-refractivity contribution is 6.05. The van der Waals surface area contributed by atoms with E-state index < -0.39 is 17.6 Å². The standard InChI is InChI=1S/C27H31FN6O4/c1-17(2)31-25-5-4-19(14-30-25)16-38-33-27(36)24-13-22(15-29-18(24)3)32-26(35)20-10-21(28)12-23(11-20)34-6-8-37-9-7-34/h4-5,10-15,17H,6-9,16H2,1-3H3,(H,30,31)(H,32,35)(H,33,36). The van der Waals surface area contributed by atoms with Gasteiger partial charge in [0.2, 0.25) is 0 Å². The molecule has 0 atom stereocenters. The van der Waals surface area contributed by atoms with Crippen LogP contribution in [0.2, 0.25) is 0 Å². The number of hydrogen-bond acceptors (Lipinski definition) is 8. The highest BCUT2D eigenvalue weighted by Crippen LogP contribution is 2.21. The zero-order valence-electron chi connectivity index (χ0n) is 21.6. The van der Waals surface area contributed by atoms with Gasteiger partial charge in [0.15, 0.2) is 0 Å². The number of rotatable bonds is 9. The lowest BCUT2D eigenvalue weighted by Gasteiger charge is -2.29. The second kappa shape index (κ2) is 12.4. The predicted octanol–water partition coefficient (Wildman–Crippen LogP) is 3.69. The Hall–Kier alpha value is -4.09. The molecule has 0 radical (unpaired) electrons. The van der Waals surface area contributed by atoms with Crippen LogP contribution in [0.4, 0.5) is 21.6 Å². The van der Waals surface area contributed by atoms with Gasteiger partial charge in [0, 0.05) is 36.6 Å². The van der Waals surface area contributed by atoms with Gasteiger partial charge in [-0.15, -0.1) is 0 Å². The van der Waals surface area contributed by atoms with Crippen molar-refractivity contribution in [3.05, 3.63) is 77.0 Å². The van der Waals surface area contributed by atoms with Gasteiger partial charge in [-0.3, -0.25) is 19.4 Å². The van der Waals surface area contributed by atoms with Crippen molar-refractivity contribution < 1.29 is 23.6 Å². The fourth-order valence-electron chi connectivity index (χ4n) is 3.87. The topological polar surface area (TPSA) is 118 Å². The average Bonchev–Trinajstić information content (AvgIpc) is 2.90. The van der Waals surface area contributed by atoms with Crippen LogP contribution in [0.1, 0.15) is 45.8 Å². The normalized spacial score (nSPS) is 13.3. The van der Waals surface area contributed by atoms with Crippen molar-refractivity contribution in [3.63, 3.8) is 0 Å². The van der Waals surface area contributed by atoms with E-state index in [0.717, 1.165) is 11.4 Å². The SMILES string of the molecule is Cc1ncc(NC(=O)c2cc(F)cc(N3CCOCC3)c2)cc1C(=O)NOCc1ccc(NC(C)C)nc1. The highest BCUT2D eigenvalue weighted by atomic mass is 19.1. The van der Waals surface area contributed by atoms with Gasteiger partial charge in [-0.2, -0.15) is 0 Å². The van der Waals surface area contributed by atoms with Crippen LogP contribution in [0.5, 0.6) is 0 Å². The minimum atomic E-state index is -0.518. The largest absolute Gasteiger partial charge is 0.378 e. The number of hydrogen-bond donors (Lipinski definition) is 3. The van der Waals surface area contributed by atoms with E-state index in [1.165, 1.54) is 24.4 Å². The molecule has 4 rings (SSSR count). The minimum absolute atomic E-state index is 0.120. The van der Waals surface area contributed by atoms with Gasteiger partial charge in [0.1, 0.15) is 18.2 Å². The molecule has 200 valence electrons. The van der Waals surface area contributed by atoms with Gasteiger partial charge < -0.3 is 20.3 Å². The van der Waals surface area contributed by atoms with Crippen molar-refractivity contribution >= 4 is 29.0 Å². The van der Waals surface area contributed by atoms with E-state index in [9.17, 15) is 14.0 Å². The number of hydroxylamine groups is 1. The third-order valence-electron chi connectivity index (χ3n) is 5.78. The third-order valence-corrected chi connectivity index (χ3v) is 5.78. The molecule has 1 aliphatic rings. The molecule has 0 bridgehead atoms. The maximum Gasteiger partial charge on any atom is 0.276 e. The van der Waals surface area contributed by atoms with Gasteiger partial charge in [0.05, 0.1) is 36.4 Å². The maximum absolute atomic E-state index is 14.3. The van der Waals surface area contributed by atoms with Crippen molar-refractivity contribution in [2.45, 2.75) is 33.4 Å². The summed E-state index contributed by atoms with van der Waals surface area (Å²) in [5, 5.41) is 5.89. The van der Waals surface area contributed by atoms with Crippen LogP contribution in [0.15, 0.2) is 48.8 Å². The van der Waals surface area contributed by atoms with Crippen molar-refractivity contribution in [1.82, 2.24) is 15.4 Å². The predicted molar refractivity (Wildman–Crippen MR) is 142 cm³/mol. The number of carbonyl (C=O) groups excluding carboxylic acids is 2. The first-order valence-electron chi connectivity index (χ1n) is 12.3. The lowest BCUT2D eigenvalue weighted by atomic mass is 10.1. The number of aryl methyl sites for hydroxylation is 1. The number of nitrogens with one attached hydrogen (secondary N) is 3. The Kier molecular flexibility index (Phi) is 8.82. The molecule has 0 saturated carbocycles. The van der Waals surface area contributed by atoms with E-state index in [2.05, 4.69) is 26.1 Å². The fraction of sp³-hybridized carbons (Fsp3) is 0.333. The second-order valence-corrected chi connectivity index (χ2v) is 9.18. The maximum atomic E-state index is 14.3. The van der Waals surface area contributed by atoms with Crippen molar-refractivity contribution in [3.8, 4) is 0 Å². The van der Waals surface area contributed by atoms with Gasteiger partial charge in [-0.1, -0.05) is 6.07 Å². The molecule has 0 aliphatic carbocycles. The van der Waals surface area contributed by atoms with Crippen molar-refractivity contribution in [1.29, 1.82) is 0 Å². The fourth-order valence-corrected chi connectivity index (χ4v) is 3.87. The summed E-state index contributed by atoms with van der Waals surface area (Å²) in [5.74, 6) is -0.795. The first-order chi connectivity index (χ1) is 18.3. The lowest BCUT2D eigenvalue weighted by Crippen LogP contribution is -2.36. The second-order valence-electron chi connectivity index (χ2n) is 9.18.